The number of nitrogens with zero attached hydrogens (tertiary/aromatic N) is 1. The molecule has 1 saturated heterocycles. The third-order valence-electron chi connectivity index (χ3n) is 2.46. The van der Waals surface area contributed by atoms with Gasteiger partial charge in [-0.2, -0.15) is 0 Å². The molecule has 3 atom stereocenters. The SMILES string of the molecule is C[C@H]1[C@H](CCO)N1C(C)(C)C. The molecule has 0 aromatic rings. The quantitative estimate of drug-likeness (QED) is 0.610. The fraction of sp³-hybridized carbons (Fsp3) is 1.00. The topological polar surface area (TPSA) is 23.2 Å². The van der Waals surface area contributed by atoms with Crippen molar-refractivity contribution in [1.82, 2.24) is 4.90 Å². The van der Waals surface area contributed by atoms with Crippen molar-refractivity contribution in [1.29, 1.82) is 0 Å². The van der Waals surface area contributed by atoms with Gasteiger partial charge in [-0.3, -0.25) is 4.90 Å². The minimum atomic E-state index is 0.277. The van der Waals surface area contributed by atoms with E-state index < -0.39 is 0 Å². The van der Waals surface area contributed by atoms with Gasteiger partial charge in [-0.15, -0.1) is 0 Å². The van der Waals surface area contributed by atoms with E-state index in [1.54, 1.807) is 0 Å². The highest BCUT2D eigenvalue weighted by Gasteiger charge is 2.48. The van der Waals surface area contributed by atoms with E-state index in [4.69, 9.17) is 5.11 Å². The van der Waals surface area contributed by atoms with E-state index in [1.165, 1.54) is 0 Å². The van der Waals surface area contributed by atoms with Gasteiger partial charge in [-0.25, -0.2) is 0 Å². The van der Waals surface area contributed by atoms with E-state index in [2.05, 4.69) is 32.6 Å². The molecule has 0 amide bonds. The summed E-state index contributed by atoms with van der Waals surface area (Å²) in [6.45, 7) is 9.22. The van der Waals surface area contributed by atoms with Gasteiger partial charge in [0.1, 0.15) is 0 Å². The fourth-order valence-electron chi connectivity index (χ4n) is 2.03. The average Bonchev–Trinajstić information content (AvgIpc) is 2.41. The van der Waals surface area contributed by atoms with Crippen LogP contribution in [-0.2, 0) is 0 Å². The van der Waals surface area contributed by atoms with Crippen LogP contribution in [0.5, 0.6) is 0 Å². The van der Waals surface area contributed by atoms with Crippen molar-refractivity contribution in [2.45, 2.75) is 51.7 Å². The van der Waals surface area contributed by atoms with Crippen molar-refractivity contribution < 1.29 is 5.11 Å². The summed E-state index contributed by atoms with van der Waals surface area (Å²) in [6, 6.07) is 1.29. The first kappa shape index (κ1) is 9.01. The highest BCUT2D eigenvalue weighted by Crippen LogP contribution is 2.38. The van der Waals surface area contributed by atoms with Crippen LogP contribution in [-0.4, -0.2) is 34.2 Å². The maximum atomic E-state index is 8.75. The number of hydrogen-bond acceptors (Lipinski definition) is 2. The first-order valence-electron chi connectivity index (χ1n) is 4.38. The zero-order chi connectivity index (χ0) is 8.65. The van der Waals surface area contributed by atoms with E-state index in [9.17, 15) is 0 Å². The van der Waals surface area contributed by atoms with E-state index in [0.717, 1.165) is 6.42 Å². The molecule has 0 saturated carbocycles. The second-order valence-corrected chi connectivity index (χ2v) is 4.40. The summed E-state index contributed by atoms with van der Waals surface area (Å²) in [7, 11) is 0. The van der Waals surface area contributed by atoms with Gasteiger partial charge in [0.15, 0.2) is 0 Å². The Morgan fingerprint density at radius 2 is 1.91 bits per heavy atom. The summed E-state index contributed by atoms with van der Waals surface area (Å²) in [5.74, 6) is 0. The normalized spacial score (nSPS) is 37.4. The Bertz CT molecular complexity index is 139. The van der Waals surface area contributed by atoms with Gasteiger partial charge < -0.3 is 5.11 Å². The second kappa shape index (κ2) is 2.76. The molecule has 1 unspecified atom stereocenters. The van der Waals surface area contributed by atoms with Gasteiger partial charge in [-0.1, -0.05) is 0 Å². The van der Waals surface area contributed by atoms with Gasteiger partial charge in [0.25, 0.3) is 0 Å². The molecule has 0 radical (unpaired) electrons. The van der Waals surface area contributed by atoms with Crippen molar-refractivity contribution in [2.24, 2.45) is 0 Å². The van der Waals surface area contributed by atoms with Crippen LogP contribution in [0, 0.1) is 0 Å². The van der Waals surface area contributed by atoms with Crippen LogP contribution in [0.25, 0.3) is 0 Å². The van der Waals surface area contributed by atoms with Crippen LogP contribution in [0.1, 0.15) is 34.1 Å². The minimum absolute atomic E-state index is 0.277. The molecule has 0 aliphatic carbocycles. The second-order valence-electron chi connectivity index (χ2n) is 4.40. The predicted octanol–water partition coefficient (Wildman–Crippen LogP) is 1.24. The predicted molar refractivity (Wildman–Crippen MR) is 46.5 cm³/mol. The number of aliphatic hydroxyl groups excluding tert-OH is 1. The van der Waals surface area contributed by atoms with E-state index in [-0.39, 0.29) is 5.54 Å². The molecule has 0 spiro atoms. The Morgan fingerprint density at radius 3 is 2.18 bits per heavy atom. The monoisotopic (exact) mass is 157 g/mol. The molecule has 11 heavy (non-hydrogen) atoms. The van der Waals surface area contributed by atoms with Crippen LogP contribution >= 0.6 is 0 Å². The van der Waals surface area contributed by atoms with Gasteiger partial charge in [-0.05, 0) is 34.1 Å². The van der Waals surface area contributed by atoms with Crippen molar-refractivity contribution in [3.63, 3.8) is 0 Å². The summed E-state index contributed by atoms with van der Waals surface area (Å²) in [5.41, 5.74) is 0.277. The summed E-state index contributed by atoms with van der Waals surface area (Å²) in [4.78, 5) is 2.45. The van der Waals surface area contributed by atoms with Crippen molar-refractivity contribution >= 4 is 0 Å². The molecule has 0 aromatic heterocycles. The molecule has 2 heteroatoms. The highest BCUT2D eigenvalue weighted by atomic mass is 16.3. The van der Waals surface area contributed by atoms with E-state index in [1.807, 2.05) is 0 Å². The molecule has 1 fully saturated rings. The average molecular weight is 157 g/mol. The fourth-order valence-corrected chi connectivity index (χ4v) is 2.03. The van der Waals surface area contributed by atoms with Crippen LogP contribution in [0.15, 0.2) is 0 Å². The molecule has 66 valence electrons. The Labute approximate surface area is 69.2 Å². The molecule has 2 nitrogen and oxygen atoms in total. The van der Waals surface area contributed by atoms with Crippen LogP contribution < -0.4 is 0 Å². The standard InChI is InChI=1S/C9H19NO/c1-7-8(5-6-11)10(7)9(2,3)4/h7-8,11H,5-6H2,1-4H3/t7-,8-,10?/m0/s1. The first-order chi connectivity index (χ1) is 4.98. The minimum Gasteiger partial charge on any atom is -0.396 e. The van der Waals surface area contributed by atoms with Gasteiger partial charge in [0.2, 0.25) is 0 Å². The summed E-state index contributed by atoms with van der Waals surface area (Å²) in [6.07, 6.45) is 0.929. The highest BCUT2D eigenvalue weighted by molar-refractivity contribution is 5.04. The van der Waals surface area contributed by atoms with Crippen LogP contribution in [0.3, 0.4) is 0 Å². The first-order valence-corrected chi connectivity index (χ1v) is 4.38. The van der Waals surface area contributed by atoms with Gasteiger partial charge in [0, 0.05) is 24.2 Å². The van der Waals surface area contributed by atoms with Gasteiger partial charge >= 0.3 is 0 Å². The molecule has 1 aliphatic rings. The lowest BCUT2D eigenvalue weighted by atomic mass is 10.1. The zero-order valence-corrected chi connectivity index (χ0v) is 7.96. The molecule has 1 aliphatic heterocycles. The summed E-state index contributed by atoms with van der Waals surface area (Å²) >= 11 is 0. The van der Waals surface area contributed by atoms with E-state index >= 15 is 0 Å². The van der Waals surface area contributed by atoms with E-state index in [0.29, 0.717) is 18.7 Å². The Morgan fingerprint density at radius 1 is 1.36 bits per heavy atom. The molecule has 0 bridgehead atoms. The smallest absolute Gasteiger partial charge is 0.0446 e. The van der Waals surface area contributed by atoms with Crippen LogP contribution in [0.2, 0.25) is 0 Å². The largest absolute Gasteiger partial charge is 0.396 e. The Balaban J connectivity index is 2.41. The lowest BCUT2D eigenvalue weighted by molar-refractivity contribution is 0.240. The molecule has 0 aromatic carbocycles. The number of aliphatic hydroxyl groups is 1. The Kier molecular flexibility index (Phi) is 2.26. The molecular weight excluding hydrogens is 138 g/mol. The molecule has 1 heterocycles. The lowest BCUT2D eigenvalue weighted by Crippen LogP contribution is -2.28. The zero-order valence-electron chi connectivity index (χ0n) is 7.96. The van der Waals surface area contributed by atoms with Gasteiger partial charge in [0.05, 0.1) is 0 Å². The van der Waals surface area contributed by atoms with Crippen LogP contribution in [0.4, 0.5) is 0 Å². The molecule has 1 rings (SSSR count). The molecule has 1 N–H and O–H groups in total. The van der Waals surface area contributed by atoms with Crippen molar-refractivity contribution in [3.8, 4) is 0 Å². The Hall–Kier alpha value is -0.0800. The summed E-state index contributed by atoms with van der Waals surface area (Å²) < 4.78 is 0. The number of rotatable bonds is 2. The third kappa shape index (κ3) is 1.74. The summed E-state index contributed by atoms with van der Waals surface area (Å²) in [5, 5.41) is 8.75. The lowest BCUT2D eigenvalue weighted by Gasteiger charge is -2.21. The van der Waals surface area contributed by atoms with Crippen molar-refractivity contribution in [3.05, 3.63) is 0 Å². The maximum absolute atomic E-state index is 8.75. The number of hydrogen-bond donors (Lipinski definition) is 1. The van der Waals surface area contributed by atoms with Crippen molar-refractivity contribution in [2.75, 3.05) is 6.61 Å². The third-order valence-corrected chi connectivity index (χ3v) is 2.46. The molecular formula is C9H19NO. The maximum Gasteiger partial charge on any atom is 0.0446 e.